The molecule has 1 heterocycles. The predicted octanol–water partition coefficient (Wildman–Crippen LogP) is 2.71. The van der Waals surface area contributed by atoms with Crippen LogP contribution in [0.3, 0.4) is 0 Å². The molecule has 1 aliphatic rings. The number of halogens is 1. The number of nitrogens with zero attached hydrogens (tertiary/aromatic N) is 2. The lowest BCUT2D eigenvalue weighted by molar-refractivity contribution is 0.214. The van der Waals surface area contributed by atoms with Gasteiger partial charge in [0.25, 0.3) is 0 Å². The molecular weight excluding hydrogens is 285 g/mol. The topological polar surface area (TPSA) is 78.3 Å². The average molecular weight is 303 g/mol. The van der Waals surface area contributed by atoms with E-state index in [2.05, 4.69) is 15.3 Å². The van der Waals surface area contributed by atoms with Crippen LogP contribution in [-0.4, -0.2) is 32.3 Å². The number of aliphatic hydroxyl groups excluding tert-OH is 1. The van der Waals surface area contributed by atoms with Gasteiger partial charge in [-0.05, 0) is 25.0 Å². The third-order valence-electron chi connectivity index (χ3n) is 4.12. The second kappa shape index (κ2) is 5.88. The van der Waals surface area contributed by atoms with Crippen molar-refractivity contribution >= 4 is 5.82 Å². The van der Waals surface area contributed by atoms with E-state index in [1.165, 1.54) is 18.3 Å². The molecule has 1 fully saturated rings. The summed E-state index contributed by atoms with van der Waals surface area (Å²) in [5.74, 6) is -0.168. The van der Waals surface area contributed by atoms with Crippen LogP contribution >= 0.6 is 0 Å². The maximum absolute atomic E-state index is 13.9. The standard InChI is InChI=1S/C16H18FN3O2/c17-13-7-11(22)3-4-12(13)14-8-18-9-15(19-14)20-16(10-21)5-1-2-6-16/h3-4,7-9,21-22H,1-2,5-6,10H2,(H,19,20). The molecule has 1 aromatic heterocycles. The SMILES string of the molecule is OCC1(Nc2cncc(-c3ccc(O)cc3F)n2)CCCC1. The molecule has 0 bridgehead atoms. The molecule has 3 N–H and O–H groups in total. The van der Waals surface area contributed by atoms with Gasteiger partial charge in [-0.2, -0.15) is 0 Å². The summed E-state index contributed by atoms with van der Waals surface area (Å²) < 4.78 is 13.9. The molecule has 0 amide bonds. The first-order valence-electron chi connectivity index (χ1n) is 7.32. The number of phenols is 1. The molecular formula is C16H18FN3O2. The number of hydrogen-bond donors (Lipinski definition) is 3. The number of rotatable bonds is 4. The van der Waals surface area contributed by atoms with E-state index in [9.17, 15) is 14.6 Å². The Morgan fingerprint density at radius 2 is 2.00 bits per heavy atom. The Morgan fingerprint density at radius 3 is 2.68 bits per heavy atom. The van der Waals surface area contributed by atoms with Crippen molar-refractivity contribution in [2.24, 2.45) is 0 Å². The third kappa shape index (κ3) is 2.87. The summed E-state index contributed by atoms with van der Waals surface area (Å²) in [6.07, 6.45) is 6.92. The average Bonchev–Trinajstić information content (AvgIpc) is 2.96. The van der Waals surface area contributed by atoms with Crippen molar-refractivity contribution < 1.29 is 14.6 Å². The van der Waals surface area contributed by atoms with Gasteiger partial charge in [0, 0.05) is 11.6 Å². The van der Waals surface area contributed by atoms with Crippen molar-refractivity contribution in [2.45, 2.75) is 31.2 Å². The highest BCUT2D eigenvalue weighted by molar-refractivity contribution is 5.61. The summed E-state index contributed by atoms with van der Waals surface area (Å²) in [4.78, 5) is 8.48. The molecule has 0 radical (unpaired) electrons. The zero-order chi connectivity index (χ0) is 15.6. The fraction of sp³-hybridized carbons (Fsp3) is 0.375. The molecule has 0 aliphatic heterocycles. The summed E-state index contributed by atoms with van der Waals surface area (Å²) in [7, 11) is 0. The number of aliphatic hydroxyl groups is 1. The number of aromatic hydroxyl groups is 1. The highest BCUT2D eigenvalue weighted by Gasteiger charge is 2.33. The van der Waals surface area contributed by atoms with E-state index in [-0.39, 0.29) is 23.5 Å². The van der Waals surface area contributed by atoms with Gasteiger partial charge in [0.15, 0.2) is 0 Å². The Morgan fingerprint density at radius 1 is 1.23 bits per heavy atom. The van der Waals surface area contributed by atoms with Crippen LogP contribution in [0, 0.1) is 5.82 Å². The highest BCUT2D eigenvalue weighted by atomic mass is 19.1. The monoisotopic (exact) mass is 303 g/mol. The van der Waals surface area contributed by atoms with Crippen molar-refractivity contribution in [3.8, 4) is 17.0 Å². The largest absolute Gasteiger partial charge is 0.508 e. The second-order valence-electron chi connectivity index (χ2n) is 5.72. The Hall–Kier alpha value is -2.21. The summed E-state index contributed by atoms with van der Waals surface area (Å²) in [6, 6.07) is 3.92. The first-order chi connectivity index (χ1) is 10.6. The van der Waals surface area contributed by atoms with Crippen molar-refractivity contribution in [3.63, 3.8) is 0 Å². The Kier molecular flexibility index (Phi) is 3.94. The Labute approximate surface area is 127 Å². The van der Waals surface area contributed by atoms with Crippen LogP contribution in [-0.2, 0) is 0 Å². The first kappa shape index (κ1) is 14.7. The molecule has 116 valence electrons. The smallest absolute Gasteiger partial charge is 0.145 e. The van der Waals surface area contributed by atoms with Gasteiger partial charge >= 0.3 is 0 Å². The van der Waals surface area contributed by atoms with Crippen LogP contribution in [0.2, 0.25) is 0 Å². The minimum absolute atomic E-state index is 0.0342. The predicted molar refractivity (Wildman–Crippen MR) is 81.0 cm³/mol. The minimum atomic E-state index is -0.552. The lowest BCUT2D eigenvalue weighted by Crippen LogP contribution is -2.39. The van der Waals surface area contributed by atoms with E-state index in [0.717, 1.165) is 31.7 Å². The van der Waals surface area contributed by atoms with E-state index >= 15 is 0 Å². The lowest BCUT2D eigenvalue weighted by atomic mass is 9.99. The molecule has 0 spiro atoms. The third-order valence-corrected chi connectivity index (χ3v) is 4.12. The summed E-state index contributed by atoms with van der Waals surface area (Å²) >= 11 is 0. The molecule has 2 aromatic rings. The fourth-order valence-electron chi connectivity index (χ4n) is 2.91. The summed E-state index contributed by atoms with van der Waals surface area (Å²) in [5.41, 5.74) is 0.299. The Balaban J connectivity index is 1.89. The lowest BCUT2D eigenvalue weighted by Gasteiger charge is -2.28. The minimum Gasteiger partial charge on any atom is -0.508 e. The van der Waals surface area contributed by atoms with Gasteiger partial charge in [0.05, 0.1) is 30.2 Å². The molecule has 1 aliphatic carbocycles. The van der Waals surface area contributed by atoms with Crippen molar-refractivity contribution in [2.75, 3.05) is 11.9 Å². The van der Waals surface area contributed by atoms with Gasteiger partial charge in [-0.3, -0.25) is 4.98 Å². The van der Waals surface area contributed by atoms with Gasteiger partial charge in [0.1, 0.15) is 17.4 Å². The Bertz CT molecular complexity index is 672. The van der Waals surface area contributed by atoms with Gasteiger partial charge < -0.3 is 15.5 Å². The van der Waals surface area contributed by atoms with Crippen LogP contribution < -0.4 is 5.32 Å². The fourth-order valence-corrected chi connectivity index (χ4v) is 2.91. The molecule has 3 rings (SSSR count). The highest BCUT2D eigenvalue weighted by Crippen LogP contribution is 2.32. The van der Waals surface area contributed by atoms with Crippen LogP contribution in [0.15, 0.2) is 30.6 Å². The van der Waals surface area contributed by atoms with E-state index in [1.807, 2.05) is 0 Å². The number of benzene rings is 1. The van der Waals surface area contributed by atoms with E-state index < -0.39 is 5.82 Å². The molecule has 0 atom stereocenters. The number of anilines is 1. The molecule has 5 nitrogen and oxygen atoms in total. The van der Waals surface area contributed by atoms with Crippen LogP contribution in [0.25, 0.3) is 11.3 Å². The van der Waals surface area contributed by atoms with Crippen molar-refractivity contribution in [1.82, 2.24) is 9.97 Å². The molecule has 0 unspecified atom stereocenters. The second-order valence-corrected chi connectivity index (χ2v) is 5.72. The number of hydrogen-bond acceptors (Lipinski definition) is 5. The number of aromatic nitrogens is 2. The maximum atomic E-state index is 13.9. The molecule has 1 saturated carbocycles. The maximum Gasteiger partial charge on any atom is 0.145 e. The van der Waals surface area contributed by atoms with E-state index in [1.54, 1.807) is 6.20 Å². The van der Waals surface area contributed by atoms with Crippen molar-refractivity contribution in [1.29, 1.82) is 0 Å². The van der Waals surface area contributed by atoms with E-state index in [4.69, 9.17) is 0 Å². The molecule has 1 aromatic carbocycles. The molecule has 6 heteroatoms. The van der Waals surface area contributed by atoms with Crippen molar-refractivity contribution in [3.05, 3.63) is 36.4 Å². The molecule has 22 heavy (non-hydrogen) atoms. The molecule has 0 saturated heterocycles. The van der Waals surface area contributed by atoms with Gasteiger partial charge in [0.2, 0.25) is 0 Å². The number of phenolic OH excluding ortho intramolecular Hbond substituents is 1. The normalized spacial score (nSPS) is 16.6. The zero-order valence-corrected chi connectivity index (χ0v) is 12.1. The van der Waals surface area contributed by atoms with Gasteiger partial charge in [-0.1, -0.05) is 12.8 Å². The summed E-state index contributed by atoms with van der Waals surface area (Å²) in [5, 5.41) is 22.2. The quantitative estimate of drug-likeness (QED) is 0.809. The van der Waals surface area contributed by atoms with Gasteiger partial charge in [-0.15, -0.1) is 0 Å². The van der Waals surface area contributed by atoms with E-state index in [0.29, 0.717) is 11.5 Å². The van der Waals surface area contributed by atoms with Gasteiger partial charge in [-0.25, -0.2) is 9.37 Å². The first-order valence-corrected chi connectivity index (χ1v) is 7.32. The van der Waals surface area contributed by atoms with Crippen LogP contribution in [0.1, 0.15) is 25.7 Å². The zero-order valence-electron chi connectivity index (χ0n) is 12.1. The number of nitrogens with one attached hydrogen (secondary N) is 1. The van der Waals surface area contributed by atoms with Crippen LogP contribution in [0.5, 0.6) is 5.75 Å². The van der Waals surface area contributed by atoms with Crippen LogP contribution in [0.4, 0.5) is 10.2 Å². The summed E-state index contributed by atoms with van der Waals surface area (Å²) in [6.45, 7) is 0.0342.